The zero-order chi connectivity index (χ0) is 17.2. The predicted octanol–water partition coefficient (Wildman–Crippen LogP) is 5.78. The smallest absolute Gasteiger partial charge is 0.332 e. The highest BCUT2D eigenvalue weighted by molar-refractivity contribution is 7.80. The summed E-state index contributed by atoms with van der Waals surface area (Å²) in [5.74, 6) is 0. The predicted molar refractivity (Wildman–Crippen MR) is 92.2 cm³/mol. The van der Waals surface area contributed by atoms with Gasteiger partial charge in [0.25, 0.3) is 0 Å². The molecule has 0 bridgehead atoms. The third-order valence-electron chi connectivity index (χ3n) is 3.17. The number of hydrogen-bond donors (Lipinski definition) is 2. The fourth-order valence-corrected chi connectivity index (χ4v) is 2.41. The van der Waals surface area contributed by atoms with E-state index in [1.54, 1.807) is 0 Å². The largest absolute Gasteiger partial charge is 0.416 e. The molecule has 0 unspecified atom stereocenters. The van der Waals surface area contributed by atoms with Gasteiger partial charge in [0.1, 0.15) is 0 Å². The van der Waals surface area contributed by atoms with Gasteiger partial charge in [0, 0.05) is 5.69 Å². The second-order valence-electron chi connectivity index (χ2n) is 5.09. The fraction of sp³-hybridized carbons (Fsp3) is 0.188. The third-order valence-corrected chi connectivity index (χ3v) is 3.71. The highest BCUT2D eigenvalue weighted by atomic mass is 35.5. The standard InChI is InChI=1S/C16H14ClF3N2S/c1-9-3-6-13(10(2)7-9)21-15(23)22-14-8-11(16(18,19)20)4-5-12(14)17/h3-8H,1-2H3,(H2,21,22,23). The number of halogens is 4. The number of anilines is 2. The molecule has 7 heteroatoms. The van der Waals surface area contributed by atoms with Gasteiger partial charge in [0.05, 0.1) is 16.3 Å². The summed E-state index contributed by atoms with van der Waals surface area (Å²) in [5, 5.41) is 5.97. The topological polar surface area (TPSA) is 24.1 Å². The summed E-state index contributed by atoms with van der Waals surface area (Å²) in [7, 11) is 0. The Morgan fingerprint density at radius 3 is 2.26 bits per heavy atom. The second kappa shape index (κ2) is 6.76. The molecule has 2 aromatic rings. The lowest BCUT2D eigenvalue weighted by Crippen LogP contribution is -2.20. The first-order valence-electron chi connectivity index (χ1n) is 6.69. The van der Waals surface area contributed by atoms with Crippen molar-refractivity contribution in [2.45, 2.75) is 20.0 Å². The first kappa shape index (κ1) is 17.6. The highest BCUT2D eigenvalue weighted by Crippen LogP contribution is 2.33. The molecule has 23 heavy (non-hydrogen) atoms. The molecule has 2 nitrogen and oxygen atoms in total. The van der Waals surface area contributed by atoms with Crippen LogP contribution in [-0.4, -0.2) is 5.11 Å². The molecule has 0 aliphatic carbocycles. The lowest BCUT2D eigenvalue weighted by Gasteiger charge is -2.15. The summed E-state index contributed by atoms with van der Waals surface area (Å²) in [6.45, 7) is 3.88. The van der Waals surface area contributed by atoms with E-state index in [2.05, 4.69) is 10.6 Å². The summed E-state index contributed by atoms with van der Waals surface area (Å²) < 4.78 is 38.3. The summed E-state index contributed by atoms with van der Waals surface area (Å²) in [5.41, 5.74) is 2.16. The van der Waals surface area contributed by atoms with Gasteiger partial charge in [-0.05, 0) is 55.9 Å². The lowest BCUT2D eigenvalue weighted by atomic mass is 10.1. The normalized spacial score (nSPS) is 11.2. The van der Waals surface area contributed by atoms with E-state index in [9.17, 15) is 13.2 Å². The van der Waals surface area contributed by atoms with Crippen molar-refractivity contribution in [2.75, 3.05) is 10.6 Å². The molecular weight excluding hydrogens is 345 g/mol. The maximum atomic E-state index is 12.8. The number of aryl methyl sites for hydroxylation is 2. The molecule has 0 aromatic heterocycles. The van der Waals surface area contributed by atoms with E-state index >= 15 is 0 Å². The first-order valence-corrected chi connectivity index (χ1v) is 7.47. The Balaban J connectivity index is 2.17. The van der Waals surface area contributed by atoms with Crippen LogP contribution in [0.5, 0.6) is 0 Å². The molecule has 0 saturated heterocycles. The Hall–Kier alpha value is -1.79. The zero-order valence-electron chi connectivity index (χ0n) is 12.4. The summed E-state index contributed by atoms with van der Waals surface area (Å²) >= 11 is 11.1. The number of rotatable bonds is 2. The van der Waals surface area contributed by atoms with E-state index in [1.807, 2.05) is 32.0 Å². The first-order chi connectivity index (χ1) is 10.7. The highest BCUT2D eigenvalue weighted by Gasteiger charge is 2.31. The fourth-order valence-electron chi connectivity index (χ4n) is 2.03. The third kappa shape index (κ3) is 4.59. The van der Waals surface area contributed by atoms with Crippen molar-refractivity contribution in [3.8, 4) is 0 Å². The van der Waals surface area contributed by atoms with Gasteiger partial charge >= 0.3 is 6.18 Å². The lowest BCUT2D eigenvalue weighted by molar-refractivity contribution is -0.137. The van der Waals surface area contributed by atoms with Crippen LogP contribution in [0.25, 0.3) is 0 Å². The van der Waals surface area contributed by atoms with Crippen LogP contribution in [-0.2, 0) is 6.18 Å². The molecule has 2 aromatic carbocycles. The molecule has 0 spiro atoms. The average molecular weight is 359 g/mol. The number of nitrogens with one attached hydrogen (secondary N) is 2. The molecule has 0 aliphatic heterocycles. The van der Waals surface area contributed by atoms with Crippen molar-refractivity contribution in [1.29, 1.82) is 0 Å². The van der Waals surface area contributed by atoms with Crippen LogP contribution in [0.15, 0.2) is 36.4 Å². The Labute approximate surface area is 142 Å². The van der Waals surface area contributed by atoms with Gasteiger partial charge in [-0.2, -0.15) is 13.2 Å². The number of alkyl halides is 3. The molecule has 0 aliphatic rings. The van der Waals surface area contributed by atoms with Crippen molar-refractivity contribution in [3.63, 3.8) is 0 Å². The molecule has 0 heterocycles. The van der Waals surface area contributed by atoms with Crippen molar-refractivity contribution >= 4 is 40.3 Å². The maximum Gasteiger partial charge on any atom is 0.416 e. The van der Waals surface area contributed by atoms with Gasteiger partial charge in [-0.25, -0.2) is 0 Å². The summed E-state index contributed by atoms with van der Waals surface area (Å²) in [4.78, 5) is 0. The van der Waals surface area contributed by atoms with Crippen molar-refractivity contribution in [1.82, 2.24) is 0 Å². The number of hydrogen-bond acceptors (Lipinski definition) is 1. The van der Waals surface area contributed by atoms with Crippen LogP contribution in [0.3, 0.4) is 0 Å². The van der Waals surface area contributed by atoms with Crippen LogP contribution < -0.4 is 10.6 Å². The van der Waals surface area contributed by atoms with Gasteiger partial charge in [0.2, 0.25) is 0 Å². The Morgan fingerprint density at radius 1 is 1.00 bits per heavy atom. The molecule has 0 radical (unpaired) electrons. The monoisotopic (exact) mass is 358 g/mol. The number of thiocarbonyl (C=S) groups is 1. The molecule has 122 valence electrons. The van der Waals surface area contributed by atoms with Crippen molar-refractivity contribution in [3.05, 3.63) is 58.1 Å². The van der Waals surface area contributed by atoms with E-state index in [0.29, 0.717) is 0 Å². The summed E-state index contributed by atoms with van der Waals surface area (Å²) in [6, 6.07) is 8.78. The number of benzene rings is 2. The van der Waals surface area contributed by atoms with E-state index in [4.69, 9.17) is 23.8 Å². The van der Waals surface area contributed by atoms with Gasteiger partial charge in [-0.15, -0.1) is 0 Å². The maximum absolute atomic E-state index is 12.8. The van der Waals surface area contributed by atoms with E-state index in [-0.39, 0.29) is 15.8 Å². The minimum Gasteiger partial charge on any atom is -0.332 e. The van der Waals surface area contributed by atoms with Crippen LogP contribution in [0, 0.1) is 13.8 Å². The van der Waals surface area contributed by atoms with Gasteiger partial charge in [-0.1, -0.05) is 29.3 Å². The zero-order valence-corrected chi connectivity index (χ0v) is 14.0. The molecule has 2 rings (SSSR count). The van der Waals surface area contributed by atoms with Crippen molar-refractivity contribution < 1.29 is 13.2 Å². The second-order valence-corrected chi connectivity index (χ2v) is 5.91. The van der Waals surface area contributed by atoms with Crippen LogP contribution >= 0.6 is 23.8 Å². The average Bonchev–Trinajstić information content (AvgIpc) is 2.43. The summed E-state index contributed by atoms with van der Waals surface area (Å²) in [6.07, 6.45) is -4.44. The Bertz CT molecular complexity index is 745. The van der Waals surface area contributed by atoms with Crippen molar-refractivity contribution in [2.24, 2.45) is 0 Å². The molecule has 0 fully saturated rings. The molecule has 0 saturated carbocycles. The minimum atomic E-state index is -4.44. The SMILES string of the molecule is Cc1ccc(NC(=S)Nc2cc(C(F)(F)F)ccc2Cl)c(C)c1. The van der Waals surface area contributed by atoms with Gasteiger partial charge < -0.3 is 10.6 Å². The van der Waals surface area contributed by atoms with E-state index < -0.39 is 11.7 Å². The van der Waals surface area contributed by atoms with Crippen LogP contribution in [0.2, 0.25) is 5.02 Å². The van der Waals surface area contributed by atoms with Gasteiger partial charge in [-0.3, -0.25) is 0 Å². The van der Waals surface area contributed by atoms with Crippen LogP contribution in [0.4, 0.5) is 24.5 Å². The molecule has 2 N–H and O–H groups in total. The Morgan fingerprint density at radius 2 is 1.65 bits per heavy atom. The molecule has 0 atom stereocenters. The van der Waals surface area contributed by atoms with E-state index in [0.717, 1.165) is 28.9 Å². The van der Waals surface area contributed by atoms with Gasteiger partial charge in [0.15, 0.2) is 5.11 Å². The quantitative estimate of drug-likeness (QED) is 0.665. The van der Waals surface area contributed by atoms with E-state index in [1.165, 1.54) is 6.07 Å². The Kier molecular flexibility index (Phi) is 5.16. The molecular formula is C16H14ClF3N2S. The molecule has 0 amide bonds. The van der Waals surface area contributed by atoms with Crippen LogP contribution in [0.1, 0.15) is 16.7 Å². The minimum absolute atomic E-state index is 0.101.